The molecule has 1 aromatic carbocycles. The van der Waals surface area contributed by atoms with Crippen LogP contribution < -0.4 is 31.7 Å². The summed E-state index contributed by atoms with van der Waals surface area (Å²) in [5.41, 5.74) is 6.11. The van der Waals surface area contributed by atoms with Crippen LogP contribution >= 0.6 is 0 Å². The van der Waals surface area contributed by atoms with Crippen molar-refractivity contribution in [2.45, 2.75) is 72.4 Å². The number of anilines is 1. The van der Waals surface area contributed by atoms with Gasteiger partial charge in [-0.2, -0.15) is 0 Å². The molecule has 2 amide bonds. The Morgan fingerprint density at radius 1 is 1.15 bits per heavy atom. The van der Waals surface area contributed by atoms with Crippen molar-refractivity contribution in [2.24, 2.45) is 0 Å². The van der Waals surface area contributed by atoms with Crippen molar-refractivity contribution in [1.82, 2.24) is 20.2 Å². The van der Waals surface area contributed by atoms with Crippen LogP contribution in [0.15, 0.2) is 41.3 Å². The second-order valence-corrected chi connectivity index (χ2v) is 11.6. The lowest BCUT2D eigenvalue weighted by molar-refractivity contribution is -0.118. The molecule has 0 spiro atoms. The molecule has 1 aliphatic carbocycles. The minimum absolute atomic E-state index is 0.00116. The molecule has 1 aliphatic heterocycles. The van der Waals surface area contributed by atoms with Crippen LogP contribution in [-0.2, 0) is 22.6 Å². The first kappa shape index (κ1) is 28.6. The summed E-state index contributed by atoms with van der Waals surface area (Å²) in [7, 11) is 0. The molecule has 2 aliphatic rings. The Morgan fingerprint density at radius 3 is 2.59 bits per heavy atom. The summed E-state index contributed by atoms with van der Waals surface area (Å²) >= 11 is 0. The van der Waals surface area contributed by atoms with E-state index in [0.29, 0.717) is 25.1 Å². The highest BCUT2D eigenvalue weighted by Gasteiger charge is 2.25. The van der Waals surface area contributed by atoms with Crippen LogP contribution in [0.25, 0.3) is 11.6 Å². The van der Waals surface area contributed by atoms with Crippen LogP contribution in [-0.4, -0.2) is 41.0 Å². The predicted octanol–water partition coefficient (Wildman–Crippen LogP) is 2.70. The molecule has 1 unspecified atom stereocenters. The van der Waals surface area contributed by atoms with Gasteiger partial charge in [-0.1, -0.05) is 31.6 Å². The first-order valence-electron chi connectivity index (χ1n) is 14.7. The second kappa shape index (κ2) is 11.9. The molecule has 0 radical (unpaired) electrons. The van der Waals surface area contributed by atoms with Gasteiger partial charge in [0.25, 0.3) is 5.56 Å². The van der Waals surface area contributed by atoms with Gasteiger partial charge in [0.2, 0.25) is 11.8 Å². The molecule has 3 heterocycles. The second-order valence-electron chi connectivity index (χ2n) is 11.6. The first-order chi connectivity index (χ1) is 19.7. The lowest BCUT2D eigenvalue weighted by atomic mass is 9.86. The molecule has 5 rings (SSSR count). The highest BCUT2D eigenvalue weighted by molar-refractivity contribution is 6.14. The Bertz CT molecular complexity index is 1650. The Morgan fingerprint density at radius 2 is 1.90 bits per heavy atom. The number of aromatic nitrogens is 2. The molecule has 1 saturated heterocycles. The lowest BCUT2D eigenvalue weighted by Crippen LogP contribution is -2.48. The monoisotopic (exact) mass is 555 g/mol. The number of rotatable bonds is 8. The van der Waals surface area contributed by atoms with Gasteiger partial charge >= 0.3 is 0 Å². The molecule has 0 bridgehead atoms. The van der Waals surface area contributed by atoms with Gasteiger partial charge in [-0.3, -0.25) is 14.4 Å². The fourth-order valence-corrected chi connectivity index (χ4v) is 6.18. The molecule has 216 valence electrons. The number of nitrogens with zero attached hydrogens (tertiary/aromatic N) is 2. The number of aryl methyl sites for hydroxylation is 3. The Balaban J connectivity index is 1.48. The van der Waals surface area contributed by atoms with Crippen molar-refractivity contribution in [3.63, 3.8) is 0 Å². The standard InChI is InChI=1S/C33H41N5O3/c1-6-7-24-14-22(5)36-33(41)28(24)17-35-32(40)27-15-25(16-29-31(27)21(4)19-38(29)20(2)3)23-8-10-26(11-9-23)37-13-12-34-18-30(37)39/h8-11,14,16,19-20,25,34H,6-7,12-13,15,17-18H2,1-5H3,(H,35,40)(H,36,41). The molecule has 8 heteroatoms. The van der Waals surface area contributed by atoms with E-state index >= 15 is 0 Å². The maximum Gasteiger partial charge on any atom is 0.253 e. The number of carbonyl (C=O) groups excluding carboxylic acids is 2. The lowest BCUT2D eigenvalue weighted by Gasteiger charge is -2.28. The highest BCUT2D eigenvalue weighted by Crippen LogP contribution is 2.30. The van der Waals surface area contributed by atoms with E-state index in [2.05, 4.69) is 72.3 Å². The third-order valence-electron chi connectivity index (χ3n) is 8.21. The van der Waals surface area contributed by atoms with Crippen LogP contribution in [0.1, 0.15) is 73.5 Å². The Hall–Kier alpha value is -3.91. The summed E-state index contributed by atoms with van der Waals surface area (Å²) in [6, 6.07) is 10.4. The van der Waals surface area contributed by atoms with Crippen molar-refractivity contribution in [3.8, 4) is 0 Å². The third-order valence-corrected chi connectivity index (χ3v) is 8.21. The van der Waals surface area contributed by atoms with Gasteiger partial charge in [-0.15, -0.1) is 0 Å². The first-order valence-corrected chi connectivity index (χ1v) is 14.7. The number of amides is 2. The SMILES string of the molecule is CCCc1cc(C)[nH]c(=O)c1CNC(=O)C1=c2c(C)cn(C(C)C)c2=CC(c2ccc(N3CCNCC3=O)cc2)C1. The molecule has 3 aromatic rings. The van der Waals surface area contributed by atoms with Gasteiger partial charge in [-0.25, -0.2) is 0 Å². The van der Waals surface area contributed by atoms with E-state index in [1.165, 1.54) is 0 Å². The number of carbonyl (C=O) groups is 2. The molecular formula is C33H41N5O3. The number of hydrogen-bond donors (Lipinski definition) is 3. The minimum Gasteiger partial charge on any atom is -0.348 e. The van der Waals surface area contributed by atoms with Gasteiger partial charge in [0.05, 0.1) is 6.54 Å². The van der Waals surface area contributed by atoms with Crippen molar-refractivity contribution in [2.75, 3.05) is 24.5 Å². The van der Waals surface area contributed by atoms with E-state index in [0.717, 1.165) is 63.6 Å². The average molecular weight is 556 g/mol. The topological polar surface area (TPSA) is 99.2 Å². The van der Waals surface area contributed by atoms with Gasteiger partial charge in [0.1, 0.15) is 0 Å². The zero-order chi connectivity index (χ0) is 29.3. The number of aromatic amines is 1. The van der Waals surface area contributed by atoms with E-state index in [-0.39, 0.29) is 35.9 Å². The third kappa shape index (κ3) is 5.79. The zero-order valence-electron chi connectivity index (χ0n) is 24.8. The van der Waals surface area contributed by atoms with E-state index in [9.17, 15) is 14.4 Å². The summed E-state index contributed by atoms with van der Waals surface area (Å²) in [5.74, 6) is -0.0643. The highest BCUT2D eigenvalue weighted by atomic mass is 16.2. The van der Waals surface area contributed by atoms with E-state index < -0.39 is 0 Å². The quantitative estimate of drug-likeness (QED) is 0.398. The molecule has 2 aromatic heterocycles. The maximum absolute atomic E-state index is 13.9. The van der Waals surface area contributed by atoms with E-state index in [1.54, 1.807) is 0 Å². The summed E-state index contributed by atoms with van der Waals surface area (Å²) in [6.07, 6.45) is 6.67. The Labute approximate surface area is 241 Å². The number of piperazine rings is 1. The largest absolute Gasteiger partial charge is 0.348 e. The van der Waals surface area contributed by atoms with E-state index in [1.807, 2.05) is 30.0 Å². The number of nitrogens with one attached hydrogen (secondary N) is 3. The summed E-state index contributed by atoms with van der Waals surface area (Å²) < 4.78 is 2.24. The fourth-order valence-electron chi connectivity index (χ4n) is 6.18. The molecular weight excluding hydrogens is 514 g/mol. The Kier molecular flexibility index (Phi) is 8.31. The van der Waals surface area contributed by atoms with Crippen LogP contribution in [0.4, 0.5) is 5.69 Å². The molecule has 1 fully saturated rings. The average Bonchev–Trinajstić information content (AvgIpc) is 3.29. The molecule has 1 atom stereocenters. The molecule has 41 heavy (non-hydrogen) atoms. The molecule has 8 nitrogen and oxygen atoms in total. The summed E-state index contributed by atoms with van der Waals surface area (Å²) in [6.45, 7) is 12.3. The number of fused-ring (bicyclic) bond motifs is 1. The smallest absolute Gasteiger partial charge is 0.253 e. The van der Waals surface area contributed by atoms with Crippen molar-refractivity contribution in [3.05, 3.63) is 85.4 Å². The molecule has 0 saturated carbocycles. The van der Waals surface area contributed by atoms with Crippen LogP contribution in [0, 0.1) is 13.8 Å². The normalized spacial score (nSPS) is 17.0. The minimum atomic E-state index is -0.139. The van der Waals surface area contributed by atoms with Crippen molar-refractivity contribution < 1.29 is 9.59 Å². The number of pyridine rings is 1. The number of benzene rings is 1. The van der Waals surface area contributed by atoms with E-state index in [4.69, 9.17) is 0 Å². The number of H-pyrrole nitrogens is 1. The van der Waals surface area contributed by atoms with Gasteiger partial charge in [0, 0.05) is 70.9 Å². The van der Waals surface area contributed by atoms with Crippen molar-refractivity contribution >= 4 is 29.2 Å². The summed E-state index contributed by atoms with van der Waals surface area (Å²) in [5, 5.41) is 8.25. The predicted molar refractivity (Wildman–Crippen MR) is 163 cm³/mol. The number of hydrogen-bond acceptors (Lipinski definition) is 4. The van der Waals surface area contributed by atoms with Gasteiger partial charge < -0.3 is 25.1 Å². The van der Waals surface area contributed by atoms with Gasteiger partial charge in [0.15, 0.2) is 0 Å². The van der Waals surface area contributed by atoms with Crippen LogP contribution in [0.5, 0.6) is 0 Å². The van der Waals surface area contributed by atoms with Crippen LogP contribution in [0.2, 0.25) is 0 Å². The van der Waals surface area contributed by atoms with Gasteiger partial charge in [-0.05, 0) is 75.4 Å². The maximum atomic E-state index is 13.9. The summed E-state index contributed by atoms with van der Waals surface area (Å²) in [4.78, 5) is 43.8. The van der Waals surface area contributed by atoms with Crippen LogP contribution in [0.3, 0.4) is 0 Å². The van der Waals surface area contributed by atoms with Crippen molar-refractivity contribution in [1.29, 1.82) is 0 Å². The fraction of sp³-hybridized carbons (Fsp3) is 0.424. The zero-order valence-corrected chi connectivity index (χ0v) is 24.8. The molecule has 3 N–H and O–H groups in total.